The van der Waals surface area contributed by atoms with E-state index in [9.17, 15) is 4.79 Å². The van der Waals surface area contributed by atoms with Crippen molar-refractivity contribution in [1.82, 2.24) is 0 Å². The molecule has 0 aliphatic heterocycles. The molecule has 0 radical (unpaired) electrons. The Labute approximate surface area is 75.5 Å². The van der Waals surface area contributed by atoms with E-state index in [-0.39, 0.29) is 0 Å². The summed E-state index contributed by atoms with van der Waals surface area (Å²) in [7, 11) is 0. The van der Waals surface area contributed by atoms with E-state index in [1.807, 2.05) is 0 Å². The molecule has 1 aliphatic rings. The maximum Gasteiger partial charge on any atom is 0.139 e. The van der Waals surface area contributed by atoms with Crippen LogP contribution in [0.2, 0.25) is 0 Å². The SMILES string of the molecule is CCCC1C(=O)C(C)C(C)C1C. The Kier molecular flexibility index (Phi) is 2.92. The van der Waals surface area contributed by atoms with Crippen molar-refractivity contribution in [3.05, 3.63) is 0 Å². The molecule has 0 saturated heterocycles. The summed E-state index contributed by atoms with van der Waals surface area (Å²) in [5.41, 5.74) is 0. The summed E-state index contributed by atoms with van der Waals surface area (Å²) >= 11 is 0. The molecule has 0 aromatic carbocycles. The molecule has 0 bridgehead atoms. The number of hydrogen-bond donors (Lipinski definition) is 0. The zero-order chi connectivity index (χ0) is 9.30. The van der Waals surface area contributed by atoms with Crippen molar-refractivity contribution in [1.29, 1.82) is 0 Å². The number of carbonyl (C=O) groups excluding carboxylic acids is 1. The first kappa shape index (κ1) is 9.76. The van der Waals surface area contributed by atoms with Gasteiger partial charge in [-0.1, -0.05) is 34.1 Å². The molecule has 4 atom stereocenters. The first-order valence-electron chi connectivity index (χ1n) is 5.13. The molecule has 1 rings (SSSR count). The monoisotopic (exact) mass is 168 g/mol. The van der Waals surface area contributed by atoms with Gasteiger partial charge in [0.1, 0.15) is 5.78 Å². The van der Waals surface area contributed by atoms with Crippen LogP contribution in [-0.2, 0) is 4.79 Å². The highest BCUT2D eigenvalue weighted by atomic mass is 16.1. The van der Waals surface area contributed by atoms with Crippen molar-refractivity contribution in [3.63, 3.8) is 0 Å². The third kappa shape index (κ3) is 1.41. The number of carbonyl (C=O) groups is 1. The number of ketones is 1. The summed E-state index contributed by atoms with van der Waals surface area (Å²) in [5, 5.41) is 0. The summed E-state index contributed by atoms with van der Waals surface area (Å²) in [6.07, 6.45) is 2.23. The number of hydrogen-bond acceptors (Lipinski definition) is 1. The highest BCUT2D eigenvalue weighted by Crippen LogP contribution is 2.40. The molecule has 0 spiro atoms. The average molecular weight is 168 g/mol. The Morgan fingerprint density at radius 3 is 2.08 bits per heavy atom. The van der Waals surface area contributed by atoms with Crippen molar-refractivity contribution in [2.24, 2.45) is 23.7 Å². The first-order valence-corrected chi connectivity index (χ1v) is 5.13. The molecular weight excluding hydrogens is 148 g/mol. The van der Waals surface area contributed by atoms with Crippen LogP contribution in [-0.4, -0.2) is 5.78 Å². The van der Waals surface area contributed by atoms with Crippen molar-refractivity contribution in [3.8, 4) is 0 Å². The lowest BCUT2D eigenvalue weighted by Gasteiger charge is -2.15. The minimum atomic E-state index is 0.302. The Hall–Kier alpha value is -0.330. The van der Waals surface area contributed by atoms with E-state index in [1.165, 1.54) is 0 Å². The fourth-order valence-electron chi connectivity index (χ4n) is 2.39. The topological polar surface area (TPSA) is 17.1 Å². The molecule has 1 nitrogen and oxygen atoms in total. The van der Waals surface area contributed by atoms with E-state index in [2.05, 4.69) is 27.7 Å². The molecule has 1 heteroatoms. The van der Waals surface area contributed by atoms with Crippen LogP contribution in [0, 0.1) is 23.7 Å². The van der Waals surface area contributed by atoms with Gasteiger partial charge in [0.25, 0.3) is 0 Å². The van der Waals surface area contributed by atoms with Gasteiger partial charge >= 0.3 is 0 Å². The zero-order valence-corrected chi connectivity index (χ0v) is 8.63. The number of rotatable bonds is 2. The van der Waals surface area contributed by atoms with Gasteiger partial charge < -0.3 is 0 Å². The molecular formula is C11H20O. The van der Waals surface area contributed by atoms with Crippen molar-refractivity contribution in [2.75, 3.05) is 0 Å². The van der Waals surface area contributed by atoms with E-state index in [4.69, 9.17) is 0 Å². The van der Waals surface area contributed by atoms with Crippen LogP contribution in [0.1, 0.15) is 40.5 Å². The summed E-state index contributed by atoms with van der Waals surface area (Å²) in [4.78, 5) is 11.7. The lowest BCUT2D eigenvalue weighted by molar-refractivity contribution is -0.124. The van der Waals surface area contributed by atoms with E-state index in [0.717, 1.165) is 12.8 Å². The predicted molar refractivity (Wildman–Crippen MR) is 50.9 cm³/mol. The number of Topliss-reactive ketones (excluding diaryl/α,β-unsaturated/α-hetero) is 1. The standard InChI is InChI=1S/C11H20O/c1-5-6-10-8(3)7(2)9(4)11(10)12/h7-10H,5-6H2,1-4H3. The van der Waals surface area contributed by atoms with E-state index in [1.54, 1.807) is 0 Å². The van der Waals surface area contributed by atoms with Gasteiger partial charge in [-0.2, -0.15) is 0 Å². The fraction of sp³-hybridized carbons (Fsp3) is 0.909. The van der Waals surface area contributed by atoms with Crippen LogP contribution in [0.5, 0.6) is 0 Å². The van der Waals surface area contributed by atoms with E-state index in [0.29, 0.717) is 29.5 Å². The molecule has 1 saturated carbocycles. The Balaban J connectivity index is 2.69. The van der Waals surface area contributed by atoms with E-state index >= 15 is 0 Å². The molecule has 0 heterocycles. The second-order valence-electron chi connectivity index (χ2n) is 4.30. The highest BCUT2D eigenvalue weighted by Gasteiger charge is 2.41. The van der Waals surface area contributed by atoms with Gasteiger partial charge in [0, 0.05) is 11.8 Å². The third-order valence-corrected chi connectivity index (χ3v) is 3.67. The maximum atomic E-state index is 11.7. The van der Waals surface area contributed by atoms with Crippen LogP contribution in [0.4, 0.5) is 0 Å². The van der Waals surface area contributed by atoms with Gasteiger partial charge in [0.15, 0.2) is 0 Å². The van der Waals surface area contributed by atoms with Crippen LogP contribution < -0.4 is 0 Å². The van der Waals surface area contributed by atoms with Gasteiger partial charge in [-0.25, -0.2) is 0 Å². The lowest BCUT2D eigenvalue weighted by atomic mass is 9.89. The minimum absolute atomic E-state index is 0.302. The summed E-state index contributed by atoms with van der Waals surface area (Å²) in [5.74, 6) is 2.37. The van der Waals surface area contributed by atoms with Crippen LogP contribution >= 0.6 is 0 Å². The molecule has 4 unspecified atom stereocenters. The summed E-state index contributed by atoms with van der Waals surface area (Å²) in [6, 6.07) is 0. The minimum Gasteiger partial charge on any atom is -0.299 e. The molecule has 0 aromatic rings. The molecule has 70 valence electrons. The molecule has 1 aliphatic carbocycles. The van der Waals surface area contributed by atoms with Gasteiger partial charge in [0.2, 0.25) is 0 Å². The first-order chi connectivity index (χ1) is 5.59. The molecule has 0 amide bonds. The second kappa shape index (κ2) is 3.59. The smallest absolute Gasteiger partial charge is 0.139 e. The quantitative estimate of drug-likeness (QED) is 0.619. The maximum absolute atomic E-state index is 11.7. The molecule has 1 fully saturated rings. The van der Waals surface area contributed by atoms with Gasteiger partial charge in [-0.05, 0) is 18.3 Å². The summed E-state index contributed by atoms with van der Waals surface area (Å²) in [6.45, 7) is 8.68. The molecule has 0 aromatic heterocycles. The third-order valence-electron chi connectivity index (χ3n) is 3.67. The molecule has 12 heavy (non-hydrogen) atoms. The Morgan fingerprint density at radius 2 is 1.75 bits per heavy atom. The Morgan fingerprint density at radius 1 is 1.17 bits per heavy atom. The van der Waals surface area contributed by atoms with Crippen LogP contribution in [0.25, 0.3) is 0 Å². The van der Waals surface area contributed by atoms with Crippen LogP contribution in [0.3, 0.4) is 0 Å². The second-order valence-corrected chi connectivity index (χ2v) is 4.30. The highest BCUT2D eigenvalue weighted by molar-refractivity contribution is 5.85. The van der Waals surface area contributed by atoms with Crippen molar-refractivity contribution in [2.45, 2.75) is 40.5 Å². The van der Waals surface area contributed by atoms with Gasteiger partial charge in [0.05, 0.1) is 0 Å². The van der Waals surface area contributed by atoms with Gasteiger partial charge in [-0.15, -0.1) is 0 Å². The van der Waals surface area contributed by atoms with Crippen molar-refractivity contribution < 1.29 is 4.79 Å². The average Bonchev–Trinajstić information content (AvgIpc) is 2.23. The van der Waals surface area contributed by atoms with Crippen LogP contribution in [0.15, 0.2) is 0 Å². The van der Waals surface area contributed by atoms with Crippen molar-refractivity contribution >= 4 is 5.78 Å². The Bertz CT molecular complexity index is 174. The zero-order valence-electron chi connectivity index (χ0n) is 8.63. The largest absolute Gasteiger partial charge is 0.299 e. The normalized spacial score (nSPS) is 42.2. The van der Waals surface area contributed by atoms with Gasteiger partial charge in [-0.3, -0.25) is 4.79 Å². The summed E-state index contributed by atoms with van der Waals surface area (Å²) < 4.78 is 0. The lowest BCUT2D eigenvalue weighted by Crippen LogP contribution is -2.14. The molecule has 0 N–H and O–H groups in total. The fourth-order valence-corrected chi connectivity index (χ4v) is 2.39. The van der Waals surface area contributed by atoms with E-state index < -0.39 is 0 Å². The predicted octanol–water partition coefficient (Wildman–Crippen LogP) is 2.89.